The van der Waals surface area contributed by atoms with E-state index in [4.69, 9.17) is 4.74 Å². The summed E-state index contributed by atoms with van der Waals surface area (Å²) in [5.74, 6) is -0.813. The van der Waals surface area contributed by atoms with Gasteiger partial charge in [-0.1, -0.05) is 25.8 Å². The maximum atomic E-state index is 14.5. The molecule has 0 aromatic heterocycles. The Kier molecular flexibility index (Phi) is 5.34. The number of ether oxygens (including phenoxy) is 1. The average Bonchev–Trinajstić information content (AvgIpc) is 3.07. The van der Waals surface area contributed by atoms with E-state index in [1.807, 2.05) is 0 Å². The molecule has 0 amide bonds. The summed E-state index contributed by atoms with van der Waals surface area (Å²) in [6.07, 6.45) is 11.5. The molecule has 2 aliphatic rings. The van der Waals surface area contributed by atoms with Crippen LogP contribution in [0.2, 0.25) is 0 Å². The molecular weight excluding hydrogens is 294 g/mol. The Morgan fingerprint density at radius 2 is 1.87 bits per heavy atom. The smallest absolute Gasteiger partial charge is 0.201 e. The minimum atomic E-state index is -0.828. The zero-order valence-corrected chi connectivity index (χ0v) is 13.9. The SMILES string of the molecule is CCCC1CC=C(c2ccc(OC3CCCC3)c(F)c2F)CC1. The summed E-state index contributed by atoms with van der Waals surface area (Å²) in [5, 5.41) is 0. The van der Waals surface area contributed by atoms with Crippen LogP contribution in [0.4, 0.5) is 8.78 Å². The van der Waals surface area contributed by atoms with Gasteiger partial charge in [0.15, 0.2) is 11.6 Å². The standard InChI is InChI=1S/C20H26F2O/c1-2-5-14-8-10-15(11-9-14)17-12-13-18(20(22)19(17)21)23-16-6-3-4-7-16/h10,12-14,16H,2-9,11H2,1H3. The largest absolute Gasteiger partial charge is 0.487 e. The van der Waals surface area contributed by atoms with Crippen molar-refractivity contribution in [2.24, 2.45) is 5.92 Å². The molecule has 0 bridgehead atoms. The summed E-state index contributed by atoms with van der Waals surface area (Å²) < 4.78 is 34.5. The molecule has 2 aliphatic carbocycles. The van der Waals surface area contributed by atoms with E-state index < -0.39 is 11.6 Å². The van der Waals surface area contributed by atoms with Gasteiger partial charge in [0.1, 0.15) is 0 Å². The van der Waals surface area contributed by atoms with Crippen LogP contribution in [0.1, 0.15) is 70.3 Å². The molecule has 0 radical (unpaired) electrons. The molecule has 1 nitrogen and oxygen atoms in total. The second-order valence-electron chi connectivity index (χ2n) is 6.92. The topological polar surface area (TPSA) is 9.23 Å². The third-order valence-electron chi connectivity index (χ3n) is 5.21. The van der Waals surface area contributed by atoms with Crippen molar-refractivity contribution >= 4 is 5.57 Å². The predicted molar refractivity (Wildman–Crippen MR) is 89.5 cm³/mol. The normalized spacial score (nSPS) is 22.2. The molecule has 0 saturated heterocycles. The van der Waals surface area contributed by atoms with Crippen LogP contribution in [0.15, 0.2) is 18.2 Å². The van der Waals surface area contributed by atoms with E-state index >= 15 is 0 Å². The van der Waals surface area contributed by atoms with E-state index in [2.05, 4.69) is 13.0 Å². The van der Waals surface area contributed by atoms with Crippen molar-refractivity contribution in [2.75, 3.05) is 0 Å². The Bertz CT molecular complexity index is 573. The molecule has 0 N–H and O–H groups in total. The Labute approximate surface area is 137 Å². The van der Waals surface area contributed by atoms with Crippen molar-refractivity contribution in [3.8, 4) is 5.75 Å². The van der Waals surface area contributed by atoms with E-state index in [9.17, 15) is 8.78 Å². The van der Waals surface area contributed by atoms with Gasteiger partial charge in [0.2, 0.25) is 5.82 Å². The number of benzene rings is 1. The first kappa shape index (κ1) is 16.5. The molecule has 0 aliphatic heterocycles. The zero-order chi connectivity index (χ0) is 16.2. The predicted octanol–water partition coefficient (Wildman–Crippen LogP) is 6.27. The second kappa shape index (κ2) is 7.46. The first-order valence-corrected chi connectivity index (χ1v) is 9.03. The van der Waals surface area contributed by atoms with Gasteiger partial charge in [-0.3, -0.25) is 0 Å². The van der Waals surface area contributed by atoms with Crippen molar-refractivity contribution in [2.45, 2.75) is 70.8 Å². The maximum absolute atomic E-state index is 14.5. The molecule has 1 fully saturated rings. The third-order valence-corrected chi connectivity index (χ3v) is 5.21. The summed E-state index contributed by atoms with van der Waals surface area (Å²) in [7, 11) is 0. The molecule has 0 spiro atoms. The molecule has 1 unspecified atom stereocenters. The summed E-state index contributed by atoms with van der Waals surface area (Å²) >= 11 is 0. The molecular formula is C20H26F2O. The molecule has 1 aromatic rings. The van der Waals surface area contributed by atoms with Crippen LogP contribution in [0.25, 0.3) is 5.57 Å². The average molecular weight is 320 g/mol. The first-order valence-electron chi connectivity index (χ1n) is 9.03. The zero-order valence-electron chi connectivity index (χ0n) is 13.9. The maximum Gasteiger partial charge on any atom is 0.201 e. The minimum Gasteiger partial charge on any atom is -0.487 e. The van der Waals surface area contributed by atoms with Gasteiger partial charge in [-0.15, -0.1) is 0 Å². The summed E-state index contributed by atoms with van der Waals surface area (Å²) in [6, 6.07) is 3.29. The van der Waals surface area contributed by atoms with E-state index in [0.29, 0.717) is 11.5 Å². The molecule has 126 valence electrons. The van der Waals surface area contributed by atoms with Crippen LogP contribution in [0, 0.1) is 17.6 Å². The van der Waals surface area contributed by atoms with E-state index in [0.717, 1.165) is 50.5 Å². The summed E-state index contributed by atoms with van der Waals surface area (Å²) in [4.78, 5) is 0. The monoisotopic (exact) mass is 320 g/mol. The quantitative estimate of drug-likeness (QED) is 0.621. The number of rotatable bonds is 5. The number of hydrogen-bond donors (Lipinski definition) is 0. The molecule has 23 heavy (non-hydrogen) atoms. The Hall–Kier alpha value is -1.38. The summed E-state index contributed by atoms with van der Waals surface area (Å²) in [5.41, 5.74) is 1.36. The lowest BCUT2D eigenvalue weighted by Crippen LogP contribution is -2.13. The minimum absolute atomic E-state index is 0.0402. The van der Waals surface area contributed by atoms with Crippen LogP contribution < -0.4 is 4.74 Å². The molecule has 3 heteroatoms. The number of hydrogen-bond acceptors (Lipinski definition) is 1. The van der Waals surface area contributed by atoms with Crippen LogP contribution in [0.5, 0.6) is 5.75 Å². The fraction of sp³-hybridized carbons (Fsp3) is 0.600. The van der Waals surface area contributed by atoms with E-state index in [1.165, 1.54) is 12.8 Å². The molecule has 3 rings (SSSR count). The van der Waals surface area contributed by atoms with Gasteiger partial charge in [0, 0.05) is 5.56 Å². The van der Waals surface area contributed by atoms with Gasteiger partial charge in [0.25, 0.3) is 0 Å². The number of halogens is 2. The van der Waals surface area contributed by atoms with E-state index in [-0.39, 0.29) is 11.9 Å². The van der Waals surface area contributed by atoms with Gasteiger partial charge >= 0.3 is 0 Å². The van der Waals surface area contributed by atoms with Crippen LogP contribution >= 0.6 is 0 Å². The lowest BCUT2D eigenvalue weighted by molar-refractivity contribution is 0.198. The Morgan fingerprint density at radius 1 is 1.09 bits per heavy atom. The third kappa shape index (κ3) is 3.76. The van der Waals surface area contributed by atoms with Gasteiger partial charge in [-0.05, 0) is 68.6 Å². The van der Waals surface area contributed by atoms with Crippen molar-refractivity contribution in [1.29, 1.82) is 0 Å². The highest BCUT2D eigenvalue weighted by molar-refractivity contribution is 5.67. The fourth-order valence-electron chi connectivity index (χ4n) is 3.86. The van der Waals surface area contributed by atoms with Crippen LogP contribution in [-0.2, 0) is 0 Å². The van der Waals surface area contributed by atoms with Crippen LogP contribution in [-0.4, -0.2) is 6.10 Å². The summed E-state index contributed by atoms with van der Waals surface area (Å²) in [6.45, 7) is 2.19. The van der Waals surface area contributed by atoms with E-state index in [1.54, 1.807) is 12.1 Å². The Morgan fingerprint density at radius 3 is 2.52 bits per heavy atom. The van der Waals surface area contributed by atoms with Gasteiger partial charge < -0.3 is 4.74 Å². The molecule has 1 aromatic carbocycles. The van der Waals surface area contributed by atoms with Gasteiger partial charge in [-0.2, -0.15) is 4.39 Å². The highest BCUT2D eigenvalue weighted by Gasteiger charge is 2.23. The van der Waals surface area contributed by atoms with Crippen molar-refractivity contribution in [3.05, 3.63) is 35.4 Å². The van der Waals surface area contributed by atoms with Gasteiger partial charge in [-0.25, -0.2) is 4.39 Å². The van der Waals surface area contributed by atoms with Crippen molar-refractivity contribution < 1.29 is 13.5 Å². The molecule has 1 atom stereocenters. The fourth-order valence-corrected chi connectivity index (χ4v) is 3.86. The lowest BCUT2D eigenvalue weighted by Gasteiger charge is -2.22. The lowest BCUT2D eigenvalue weighted by atomic mass is 9.84. The molecule has 1 saturated carbocycles. The molecule has 0 heterocycles. The first-order chi connectivity index (χ1) is 11.2. The van der Waals surface area contributed by atoms with Crippen molar-refractivity contribution in [1.82, 2.24) is 0 Å². The Balaban J connectivity index is 1.75. The highest BCUT2D eigenvalue weighted by atomic mass is 19.2. The highest BCUT2D eigenvalue weighted by Crippen LogP contribution is 2.36. The second-order valence-corrected chi connectivity index (χ2v) is 6.92. The van der Waals surface area contributed by atoms with Crippen molar-refractivity contribution in [3.63, 3.8) is 0 Å². The van der Waals surface area contributed by atoms with Gasteiger partial charge in [0.05, 0.1) is 6.10 Å². The van der Waals surface area contributed by atoms with Crippen LogP contribution in [0.3, 0.4) is 0 Å². The number of allylic oxidation sites excluding steroid dienone is 2.